The van der Waals surface area contributed by atoms with Crippen LogP contribution in [0.25, 0.3) is 0 Å². The maximum atomic E-state index is 12.4. The van der Waals surface area contributed by atoms with Crippen LogP contribution in [0.3, 0.4) is 0 Å². The molecule has 1 N–H and O–H groups in total. The average molecular weight is 504 g/mol. The number of hydrogen-bond donors (Lipinski definition) is 1. The van der Waals surface area contributed by atoms with Crippen molar-refractivity contribution >= 4 is 25.8 Å². The third-order valence-corrected chi connectivity index (χ3v) is 13.0. The van der Waals surface area contributed by atoms with E-state index in [0.29, 0.717) is 22.8 Å². The molecule has 1 heterocycles. The number of nitrogens with one attached hydrogen (secondary N) is 1. The summed E-state index contributed by atoms with van der Waals surface area (Å²) >= 11 is 5.87. The molecule has 2 bridgehead atoms. The molecule has 4 aliphatic rings. The second-order valence-corrected chi connectivity index (χ2v) is 17.2. The van der Waals surface area contributed by atoms with Crippen molar-refractivity contribution in [2.75, 3.05) is 6.61 Å². The number of hydrogen-bond acceptors (Lipinski definition) is 6. The van der Waals surface area contributed by atoms with Crippen molar-refractivity contribution in [1.82, 2.24) is 15.5 Å². The molecular formula is C25H34ClN3O4Si. The summed E-state index contributed by atoms with van der Waals surface area (Å²) in [4.78, 5) is 12.4. The number of carbonyl (C=O) groups excluding carboxylic acids is 1. The van der Waals surface area contributed by atoms with Gasteiger partial charge < -0.3 is 18.9 Å². The average Bonchev–Trinajstić information content (AvgIpc) is 3.14. The predicted molar refractivity (Wildman–Crippen MR) is 132 cm³/mol. The molecule has 7 nitrogen and oxygen atoms in total. The van der Waals surface area contributed by atoms with E-state index in [2.05, 4.69) is 49.4 Å². The molecule has 0 spiro atoms. The highest BCUT2D eigenvalue weighted by molar-refractivity contribution is 6.74. The number of nitrogens with zero attached hydrogens (tertiary/aromatic N) is 2. The summed E-state index contributed by atoms with van der Waals surface area (Å²) in [5, 5.41) is 12.7. The lowest BCUT2D eigenvalue weighted by Gasteiger charge is -2.68. The van der Waals surface area contributed by atoms with E-state index < -0.39 is 8.32 Å². The molecule has 34 heavy (non-hydrogen) atoms. The van der Waals surface area contributed by atoms with Crippen molar-refractivity contribution < 1.29 is 18.4 Å². The molecule has 2 aromatic rings. The zero-order valence-corrected chi connectivity index (χ0v) is 22.4. The minimum absolute atomic E-state index is 0.0130. The smallest absolute Gasteiger partial charge is 0.258 e. The van der Waals surface area contributed by atoms with Gasteiger partial charge in [-0.1, -0.05) is 32.4 Å². The minimum atomic E-state index is -1.75. The molecule has 4 saturated carbocycles. The van der Waals surface area contributed by atoms with Crippen molar-refractivity contribution in [3.05, 3.63) is 41.1 Å². The van der Waals surface area contributed by atoms with Crippen LogP contribution in [-0.2, 0) is 14.6 Å². The Hall–Kier alpha value is -1.90. The molecule has 1 aromatic carbocycles. The van der Waals surface area contributed by atoms with Gasteiger partial charge in [0.05, 0.1) is 5.41 Å². The summed E-state index contributed by atoms with van der Waals surface area (Å²) in [5.74, 6) is 2.27. The number of aromatic nitrogens is 2. The summed E-state index contributed by atoms with van der Waals surface area (Å²) < 4.78 is 18.2. The Bertz CT molecular complexity index is 1050. The van der Waals surface area contributed by atoms with Crippen LogP contribution in [0.4, 0.5) is 0 Å². The monoisotopic (exact) mass is 503 g/mol. The van der Waals surface area contributed by atoms with E-state index in [-0.39, 0.29) is 28.5 Å². The van der Waals surface area contributed by atoms with Gasteiger partial charge in [-0.2, -0.15) is 0 Å². The zero-order valence-electron chi connectivity index (χ0n) is 20.6. The van der Waals surface area contributed by atoms with Crippen molar-refractivity contribution in [3.8, 4) is 5.75 Å². The van der Waals surface area contributed by atoms with E-state index in [1.165, 1.54) is 0 Å². The second kappa shape index (κ2) is 8.07. The molecule has 184 valence electrons. The first kappa shape index (κ1) is 23.8. The number of carbonyl (C=O) groups is 1. The van der Waals surface area contributed by atoms with E-state index in [4.69, 9.17) is 25.2 Å². The topological polar surface area (TPSA) is 86.5 Å². The van der Waals surface area contributed by atoms with Crippen LogP contribution in [0.15, 0.2) is 28.7 Å². The van der Waals surface area contributed by atoms with Gasteiger partial charge in [0.25, 0.3) is 5.91 Å². The first-order valence-electron chi connectivity index (χ1n) is 12.1. The summed E-state index contributed by atoms with van der Waals surface area (Å²) in [6.45, 7) is 11.4. The van der Waals surface area contributed by atoms with Gasteiger partial charge in [0.1, 0.15) is 5.75 Å². The van der Waals surface area contributed by atoms with Gasteiger partial charge in [-0.25, -0.2) is 0 Å². The molecule has 0 aliphatic heterocycles. The van der Waals surface area contributed by atoms with Gasteiger partial charge in [0, 0.05) is 22.6 Å². The van der Waals surface area contributed by atoms with Crippen LogP contribution in [0.2, 0.25) is 23.2 Å². The fourth-order valence-electron chi connectivity index (χ4n) is 5.23. The Labute approximate surface area is 207 Å². The van der Waals surface area contributed by atoms with Gasteiger partial charge in [-0.15, -0.1) is 10.2 Å². The van der Waals surface area contributed by atoms with E-state index >= 15 is 0 Å². The summed E-state index contributed by atoms with van der Waals surface area (Å²) in [6.07, 6.45) is 4.73. The largest absolute Gasteiger partial charge is 0.484 e. The Morgan fingerprint density at radius 2 is 1.82 bits per heavy atom. The molecule has 0 saturated heterocycles. The quantitative estimate of drug-likeness (QED) is 0.488. The second-order valence-electron chi connectivity index (χ2n) is 12.0. The zero-order chi connectivity index (χ0) is 24.4. The number of amides is 1. The van der Waals surface area contributed by atoms with Crippen molar-refractivity contribution in [1.29, 1.82) is 0 Å². The van der Waals surface area contributed by atoms with Gasteiger partial charge in [-0.3, -0.25) is 4.79 Å². The molecule has 6 rings (SSSR count). The van der Waals surface area contributed by atoms with E-state index in [1.807, 2.05) is 0 Å². The molecule has 9 heteroatoms. The van der Waals surface area contributed by atoms with Gasteiger partial charge in [-0.05, 0) is 74.5 Å². The lowest BCUT2D eigenvalue weighted by atomic mass is 9.39. The Balaban J connectivity index is 1.08. The molecule has 1 aromatic heterocycles. The lowest BCUT2D eigenvalue weighted by Crippen LogP contribution is -2.77. The SMILES string of the molecule is CC(C)(C)[Si](C)(C)OC1CC(c2nnc(C34CC(NC(=O)COc5ccc(Cl)cc5)(C3)C4)o2)C1. The molecule has 0 radical (unpaired) electrons. The summed E-state index contributed by atoms with van der Waals surface area (Å²) in [6, 6.07) is 6.98. The van der Waals surface area contributed by atoms with Crippen LogP contribution < -0.4 is 10.1 Å². The van der Waals surface area contributed by atoms with E-state index in [9.17, 15) is 4.79 Å². The first-order chi connectivity index (χ1) is 15.9. The number of rotatable bonds is 8. The standard InChI is InChI=1S/C25H34ClN3O4Si/c1-23(2,3)34(4,5)33-19-10-16(11-19)21-28-29-22(32-21)24-13-25(14-24,15-24)27-20(30)12-31-18-8-6-17(26)7-9-18/h6-9,16,19H,10-15H2,1-5H3,(H,27,30). The Morgan fingerprint density at radius 1 is 1.18 bits per heavy atom. The van der Waals surface area contributed by atoms with Gasteiger partial charge in [0.15, 0.2) is 14.9 Å². The predicted octanol–water partition coefficient (Wildman–Crippen LogP) is 5.36. The van der Waals surface area contributed by atoms with Crippen molar-refractivity contribution in [2.24, 2.45) is 0 Å². The molecule has 0 unspecified atom stereocenters. The summed E-state index contributed by atoms with van der Waals surface area (Å²) in [7, 11) is -1.75. The van der Waals surface area contributed by atoms with E-state index in [1.54, 1.807) is 24.3 Å². The van der Waals surface area contributed by atoms with Crippen molar-refractivity contribution in [3.63, 3.8) is 0 Å². The fourth-order valence-corrected chi connectivity index (χ4v) is 6.74. The maximum Gasteiger partial charge on any atom is 0.258 e. The van der Waals surface area contributed by atoms with Crippen LogP contribution in [0, 0.1) is 0 Å². The molecule has 0 atom stereocenters. The summed E-state index contributed by atoms with van der Waals surface area (Å²) in [5.41, 5.74) is -0.232. The lowest BCUT2D eigenvalue weighted by molar-refractivity contribution is -0.143. The minimum Gasteiger partial charge on any atom is -0.484 e. The third-order valence-electron chi connectivity index (χ3n) is 8.22. The molecule has 1 amide bonds. The number of halogens is 1. The van der Waals surface area contributed by atoms with Crippen LogP contribution >= 0.6 is 11.6 Å². The highest BCUT2D eigenvalue weighted by atomic mass is 35.5. The van der Waals surface area contributed by atoms with E-state index in [0.717, 1.165) is 43.9 Å². The Morgan fingerprint density at radius 3 is 2.44 bits per heavy atom. The van der Waals surface area contributed by atoms with Gasteiger partial charge >= 0.3 is 0 Å². The van der Waals surface area contributed by atoms with Crippen LogP contribution in [-0.4, -0.2) is 42.7 Å². The third kappa shape index (κ3) is 4.29. The first-order valence-corrected chi connectivity index (χ1v) is 15.4. The fraction of sp³-hybridized carbons (Fsp3) is 0.640. The maximum absolute atomic E-state index is 12.4. The highest BCUT2D eigenvalue weighted by Crippen LogP contribution is 2.67. The normalized spacial score (nSPS) is 30.1. The van der Waals surface area contributed by atoms with Crippen LogP contribution in [0.1, 0.15) is 70.6 Å². The molecule has 4 fully saturated rings. The molecule has 4 aliphatic carbocycles. The number of benzene rings is 1. The van der Waals surface area contributed by atoms with Crippen LogP contribution in [0.5, 0.6) is 5.75 Å². The van der Waals surface area contributed by atoms with Gasteiger partial charge in [0.2, 0.25) is 11.8 Å². The number of ether oxygens (including phenoxy) is 1. The molecular weight excluding hydrogens is 470 g/mol. The Kier molecular flexibility index (Phi) is 5.65. The highest BCUT2D eigenvalue weighted by Gasteiger charge is 2.72. The van der Waals surface area contributed by atoms with Crippen molar-refractivity contribution in [2.45, 2.75) is 94.0 Å².